The molecule has 116 valence electrons. The Morgan fingerprint density at radius 1 is 1.18 bits per heavy atom. The molecule has 0 saturated heterocycles. The zero-order chi connectivity index (χ0) is 15.8. The van der Waals surface area contributed by atoms with Gasteiger partial charge >= 0.3 is 0 Å². The molecule has 2 rings (SSSR count). The smallest absolute Gasteiger partial charge is 0.287 e. The van der Waals surface area contributed by atoms with Crippen molar-refractivity contribution in [1.82, 2.24) is 5.32 Å². The van der Waals surface area contributed by atoms with Crippen molar-refractivity contribution in [3.05, 3.63) is 60.6 Å². The lowest BCUT2D eigenvalue weighted by atomic mass is 10.3. The van der Waals surface area contributed by atoms with Crippen LogP contribution in [-0.4, -0.2) is 19.1 Å². The Morgan fingerprint density at radius 2 is 1.86 bits per heavy atom. The number of benzene rings is 1. The third-order valence-corrected chi connectivity index (χ3v) is 2.81. The minimum Gasteiger partial charge on any atom is -0.494 e. The lowest BCUT2D eigenvalue weighted by Gasteiger charge is -2.06. The van der Waals surface area contributed by atoms with Gasteiger partial charge in [-0.3, -0.25) is 4.79 Å². The highest BCUT2D eigenvalue weighted by Gasteiger charge is 2.10. The van der Waals surface area contributed by atoms with Gasteiger partial charge in [0.25, 0.3) is 5.91 Å². The summed E-state index contributed by atoms with van der Waals surface area (Å²) in [5, 5.41) is 2.65. The van der Waals surface area contributed by atoms with Gasteiger partial charge in [-0.1, -0.05) is 6.08 Å². The first kappa shape index (κ1) is 15.7. The summed E-state index contributed by atoms with van der Waals surface area (Å²) in [4.78, 5) is 11.7. The van der Waals surface area contributed by atoms with Crippen LogP contribution >= 0.6 is 0 Å². The van der Waals surface area contributed by atoms with E-state index in [0.29, 0.717) is 24.7 Å². The highest BCUT2D eigenvalue weighted by molar-refractivity contribution is 5.91. The number of hydrogen-bond donors (Lipinski definition) is 1. The first-order valence-corrected chi connectivity index (χ1v) is 7.06. The van der Waals surface area contributed by atoms with Gasteiger partial charge in [0.1, 0.15) is 23.9 Å². The molecule has 2 aromatic rings. The number of amides is 1. The van der Waals surface area contributed by atoms with Crippen molar-refractivity contribution in [2.45, 2.75) is 13.5 Å². The average Bonchev–Trinajstić information content (AvgIpc) is 3.01. The fraction of sp³-hybridized carbons (Fsp3) is 0.235. The zero-order valence-electron chi connectivity index (χ0n) is 12.5. The molecule has 0 unspecified atom stereocenters. The maximum atomic E-state index is 11.7. The van der Waals surface area contributed by atoms with Crippen molar-refractivity contribution < 1.29 is 18.7 Å². The van der Waals surface area contributed by atoms with Crippen molar-refractivity contribution in [3.63, 3.8) is 0 Å². The summed E-state index contributed by atoms with van der Waals surface area (Å²) in [5.74, 6) is 2.07. The number of furan rings is 1. The molecule has 0 spiro atoms. The van der Waals surface area contributed by atoms with Crippen LogP contribution in [0.1, 0.15) is 23.2 Å². The van der Waals surface area contributed by atoms with E-state index in [9.17, 15) is 4.79 Å². The van der Waals surface area contributed by atoms with Gasteiger partial charge in [-0.2, -0.15) is 0 Å². The van der Waals surface area contributed by atoms with Crippen LogP contribution in [0.15, 0.2) is 53.5 Å². The minimum atomic E-state index is -0.271. The zero-order valence-corrected chi connectivity index (χ0v) is 12.5. The van der Waals surface area contributed by atoms with E-state index in [0.717, 1.165) is 5.75 Å². The molecule has 0 fully saturated rings. The van der Waals surface area contributed by atoms with Gasteiger partial charge in [0.05, 0.1) is 6.61 Å². The molecule has 0 aliphatic carbocycles. The van der Waals surface area contributed by atoms with Crippen molar-refractivity contribution in [3.8, 4) is 11.5 Å². The standard InChI is InChI=1S/C17H19NO4/c1-3-11-18-17(19)16-10-9-15(22-16)12-21-14-7-5-13(6-8-14)20-4-2/h3,5-10H,1,4,11-12H2,2H3,(H,18,19). The van der Waals surface area contributed by atoms with E-state index in [1.807, 2.05) is 31.2 Å². The Labute approximate surface area is 129 Å². The van der Waals surface area contributed by atoms with Gasteiger partial charge in [0.2, 0.25) is 0 Å². The number of carbonyl (C=O) groups excluding carboxylic acids is 1. The Morgan fingerprint density at radius 3 is 2.50 bits per heavy atom. The summed E-state index contributed by atoms with van der Waals surface area (Å²) in [6, 6.07) is 10.7. The van der Waals surface area contributed by atoms with E-state index in [1.165, 1.54) is 0 Å². The van der Waals surface area contributed by atoms with Crippen LogP contribution in [0.25, 0.3) is 0 Å². The molecular weight excluding hydrogens is 282 g/mol. The summed E-state index contributed by atoms with van der Waals surface area (Å²) < 4.78 is 16.4. The second-order valence-electron chi connectivity index (χ2n) is 4.46. The van der Waals surface area contributed by atoms with Gasteiger partial charge in [-0.05, 0) is 43.3 Å². The average molecular weight is 301 g/mol. The summed E-state index contributed by atoms with van der Waals surface area (Å²) in [5.41, 5.74) is 0. The minimum absolute atomic E-state index is 0.253. The van der Waals surface area contributed by atoms with Crippen LogP contribution in [0, 0.1) is 0 Å². The molecule has 1 heterocycles. The van der Waals surface area contributed by atoms with Crippen LogP contribution in [-0.2, 0) is 6.61 Å². The molecule has 5 nitrogen and oxygen atoms in total. The summed E-state index contributed by atoms with van der Waals surface area (Å²) in [6.45, 7) is 6.75. The molecule has 0 aliphatic rings. The van der Waals surface area contributed by atoms with Crippen molar-refractivity contribution in [1.29, 1.82) is 0 Å². The number of carbonyl (C=O) groups is 1. The molecule has 22 heavy (non-hydrogen) atoms. The molecule has 0 radical (unpaired) electrons. The molecule has 5 heteroatoms. The van der Waals surface area contributed by atoms with Crippen molar-refractivity contribution >= 4 is 5.91 Å². The quantitative estimate of drug-likeness (QED) is 0.761. The van der Waals surface area contributed by atoms with Crippen LogP contribution in [0.2, 0.25) is 0 Å². The Bertz CT molecular complexity index is 616. The number of nitrogens with one attached hydrogen (secondary N) is 1. The number of ether oxygens (including phenoxy) is 2. The predicted molar refractivity (Wildman–Crippen MR) is 83.2 cm³/mol. The van der Waals surface area contributed by atoms with Gasteiger partial charge in [0.15, 0.2) is 5.76 Å². The largest absolute Gasteiger partial charge is 0.494 e. The van der Waals surface area contributed by atoms with E-state index < -0.39 is 0 Å². The second kappa shape index (κ2) is 7.93. The molecule has 1 aromatic carbocycles. The summed E-state index contributed by atoms with van der Waals surface area (Å²) >= 11 is 0. The van der Waals surface area contributed by atoms with E-state index in [4.69, 9.17) is 13.9 Å². The fourth-order valence-corrected chi connectivity index (χ4v) is 1.78. The third kappa shape index (κ3) is 4.41. The predicted octanol–water partition coefficient (Wildman–Crippen LogP) is 3.17. The molecule has 0 saturated carbocycles. The molecule has 1 N–H and O–H groups in total. The topological polar surface area (TPSA) is 60.7 Å². The first-order valence-electron chi connectivity index (χ1n) is 7.06. The third-order valence-electron chi connectivity index (χ3n) is 2.81. The van der Waals surface area contributed by atoms with Gasteiger partial charge in [-0.25, -0.2) is 0 Å². The summed E-state index contributed by atoms with van der Waals surface area (Å²) in [6.07, 6.45) is 1.61. The lowest BCUT2D eigenvalue weighted by Crippen LogP contribution is -2.22. The Balaban J connectivity index is 1.87. The van der Waals surface area contributed by atoms with E-state index >= 15 is 0 Å². The summed E-state index contributed by atoms with van der Waals surface area (Å²) in [7, 11) is 0. The van der Waals surface area contributed by atoms with Gasteiger partial charge in [-0.15, -0.1) is 6.58 Å². The molecule has 0 atom stereocenters. The fourth-order valence-electron chi connectivity index (χ4n) is 1.78. The van der Waals surface area contributed by atoms with Crippen molar-refractivity contribution in [2.24, 2.45) is 0 Å². The van der Waals surface area contributed by atoms with E-state index in [1.54, 1.807) is 18.2 Å². The highest BCUT2D eigenvalue weighted by Crippen LogP contribution is 2.19. The first-order chi connectivity index (χ1) is 10.7. The van der Waals surface area contributed by atoms with E-state index in [-0.39, 0.29) is 18.3 Å². The van der Waals surface area contributed by atoms with Crippen LogP contribution in [0.4, 0.5) is 0 Å². The molecule has 0 aliphatic heterocycles. The van der Waals surface area contributed by atoms with Gasteiger partial charge < -0.3 is 19.2 Å². The number of rotatable bonds is 8. The van der Waals surface area contributed by atoms with Crippen LogP contribution < -0.4 is 14.8 Å². The molecule has 1 amide bonds. The number of hydrogen-bond acceptors (Lipinski definition) is 4. The SMILES string of the molecule is C=CCNC(=O)c1ccc(COc2ccc(OCC)cc2)o1. The Hall–Kier alpha value is -2.69. The maximum Gasteiger partial charge on any atom is 0.287 e. The highest BCUT2D eigenvalue weighted by atomic mass is 16.5. The maximum absolute atomic E-state index is 11.7. The van der Waals surface area contributed by atoms with Gasteiger partial charge in [0, 0.05) is 6.54 Å². The van der Waals surface area contributed by atoms with Crippen LogP contribution in [0.5, 0.6) is 11.5 Å². The lowest BCUT2D eigenvalue weighted by molar-refractivity contribution is 0.0926. The molecular formula is C17H19NO4. The van der Waals surface area contributed by atoms with Crippen molar-refractivity contribution in [2.75, 3.05) is 13.2 Å². The van der Waals surface area contributed by atoms with E-state index in [2.05, 4.69) is 11.9 Å². The Kier molecular flexibility index (Phi) is 5.65. The second-order valence-corrected chi connectivity index (χ2v) is 4.46. The molecule has 0 bridgehead atoms. The normalized spacial score (nSPS) is 10.0. The van der Waals surface area contributed by atoms with Crippen LogP contribution in [0.3, 0.4) is 0 Å². The monoisotopic (exact) mass is 301 g/mol. The molecule has 1 aromatic heterocycles.